The Balaban J connectivity index is 2.26. The molecule has 16 heavy (non-hydrogen) atoms. The number of rotatable bonds is 3. The second kappa shape index (κ2) is 4.65. The van der Waals surface area contributed by atoms with Crippen LogP contribution in [0.25, 0.3) is 10.7 Å². The predicted molar refractivity (Wildman–Crippen MR) is 67.1 cm³/mol. The van der Waals surface area contributed by atoms with Gasteiger partial charge in [0, 0.05) is 0 Å². The van der Waals surface area contributed by atoms with E-state index in [0.717, 1.165) is 8.66 Å². The lowest BCUT2D eigenvalue weighted by Gasteiger charge is -2.08. The summed E-state index contributed by atoms with van der Waals surface area (Å²) in [6, 6.07) is 3.70. The summed E-state index contributed by atoms with van der Waals surface area (Å²) in [5.41, 5.74) is 5.93. The minimum Gasteiger partial charge on any atom is -0.337 e. The molecule has 0 saturated carbocycles. The monoisotopic (exact) mass is 301 g/mol. The maximum Gasteiger partial charge on any atom is 0.244 e. The number of hydrogen-bond acceptors (Lipinski definition) is 5. The number of thiophene rings is 1. The van der Waals surface area contributed by atoms with E-state index >= 15 is 0 Å². The van der Waals surface area contributed by atoms with E-state index in [1.807, 2.05) is 26.0 Å². The van der Waals surface area contributed by atoms with Crippen molar-refractivity contribution in [3.05, 3.63) is 21.8 Å². The molecule has 2 aromatic heterocycles. The molecule has 0 saturated heterocycles. The van der Waals surface area contributed by atoms with Gasteiger partial charge < -0.3 is 10.3 Å². The van der Waals surface area contributed by atoms with Crippen molar-refractivity contribution >= 4 is 27.3 Å². The molecule has 4 nitrogen and oxygen atoms in total. The molecular weight excluding hydrogens is 290 g/mol. The molecule has 0 radical (unpaired) electrons. The first-order chi connectivity index (χ1) is 7.58. The fraction of sp³-hybridized carbons (Fsp3) is 0.400. The van der Waals surface area contributed by atoms with Crippen LogP contribution in [0.1, 0.15) is 25.8 Å². The summed E-state index contributed by atoms with van der Waals surface area (Å²) >= 11 is 4.96. The molecule has 2 N–H and O–H groups in total. The highest BCUT2D eigenvalue weighted by Crippen LogP contribution is 2.30. The normalized spacial score (nSPS) is 13.3. The van der Waals surface area contributed by atoms with Gasteiger partial charge in [-0.3, -0.25) is 0 Å². The third-order valence-corrected chi connectivity index (χ3v) is 3.86. The van der Waals surface area contributed by atoms with Crippen LogP contribution in [0.15, 0.2) is 20.4 Å². The Morgan fingerprint density at radius 2 is 2.19 bits per heavy atom. The van der Waals surface area contributed by atoms with Crippen LogP contribution in [0.4, 0.5) is 0 Å². The van der Waals surface area contributed by atoms with Gasteiger partial charge in [0.2, 0.25) is 11.7 Å². The van der Waals surface area contributed by atoms with E-state index in [4.69, 9.17) is 10.3 Å². The zero-order valence-electron chi connectivity index (χ0n) is 8.98. The molecule has 1 atom stereocenters. The van der Waals surface area contributed by atoms with Crippen molar-refractivity contribution in [1.29, 1.82) is 0 Å². The summed E-state index contributed by atoms with van der Waals surface area (Å²) in [5, 5.41) is 3.93. The van der Waals surface area contributed by atoms with Crippen LogP contribution >= 0.6 is 27.3 Å². The molecule has 0 aliphatic heterocycles. The average Bonchev–Trinajstić information content (AvgIpc) is 2.84. The first-order valence-electron chi connectivity index (χ1n) is 4.93. The maximum absolute atomic E-state index is 5.93. The number of nitrogens with zero attached hydrogens (tertiary/aromatic N) is 2. The number of halogens is 1. The molecule has 0 bridgehead atoms. The van der Waals surface area contributed by atoms with Crippen LogP contribution < -0.4 is 5.73 Å². The highest BCUT2D eigenvalue weighted by Gasteiger charge is 2.19. The van der Waals surface area contributed by atoms with Gasteiger partial charge in [-0.05, 0) is 34.0 Å². The highest BCUT2D eigenvalue weighted by atomic mass is 79.9. The van der Waals surface area contributed by atoms with Crippen LogP contribution in [0.2, 0.25) is 0 Å². The zero-order chi connectivity index (χ0) is 11.7. The number of hydrogen-bond donors (Lipinski definition) is 1. The predicted octanol–water partition coefficient (Wildman–Crippen LogP) is 3.22. The van der Waals surface area contributed by atoms with E-state index in [1.54, 1.807) is 11.3 Å². The Kier molecular flexibility index (Phi) is 3.41. The van der Waals surface area contributed by atoms with Gasteiger partial charge in [-0.25, -0.2) is 0 Å². The molecule has 0 aromatic carbocycles. The van der Waals surface area contributed by atoms with Crippen molar-refractivity contribution in [3.63, 3.8) is 0 Å². The Labute approximate surface area is 106 Å². The van der Waals surface area contributed by atoms with Crippen LogP contribution in [0.3, 0.4) is 0 Å². The summed E-state index contributed by atoms with van der Waals surface area (Å²) in [5.74, 6) is 1.37. The van der Waals surface area contributed by atoms with Crippen molar-refractivity contribution in [1.82, 2.24) is 10.1 Å². The molecule has 86 valence electrons. The van der Waals surface area contributed by atoms with Gasteiger partial charge in [-0.2, -0.15) is 4.98 Å². The van der Waals surface area contributed by atoms with Gasteiger partial charge in [0.15, 0.2) is 0 Å². The summed E-state index contributed by atoms with van der Waals surface area (Å²) in [6.07, 6.45) is 0. The molecule has 2 rings (SSSR count). The molecule has 0 spiro atoms. The second-order valence-corrected chi connectivity index (χ2v) is 6.29. The second-order valence-electron chi connectivity index (χ2n) is 3.83. The fourth-order valence-electron chi connectivity index (χ4n) is 1.19. The third-order valence-electron chi connectivity index (χ3n) is 2.24. The lowest BCUT2D eigenvalue weighted by Crippen LogP contribution is -2.16. The molecular formula is C10H12BrN3OS. The van der Waals surface area contributed by atoms with Crippen molar-refractivity contribution < 1.29 is 4.52 Å². The zero-order valence-corrected chi connectivity index (χ0v) is 11.4. The SMILES string of the molecule is CC(C)[C@@H](N)c1nc(-c2ccc(Br)s2)no1. The fourth-order valence-corrected chi connectivity index (χ4v) is 2.50. The Bertz CT molecular complexity index is 480. The highest BCUT2D eigenvalue weighted by molar-refractivity contribution is 9.11. The Morgan fingerprint density at radius 1 is 1.44 bits per heavy atom. The van der Waals surface area contributed by atoms with Crippen LogP contribution in [0.5, 0.6) is 0 Å². The van der Waals surface area contributed by atoms with Crippen LogP contribution in [0, 0.1) is 5.92 Å². The lowest BCUT2D eigenvalue weighted by molar-refractivity contribution is 0.325. The van der Waals surface area contributed by atoms with Crippen molar-refractivity contribution in [2.75, 3.05) is 0 Å². The number of aromatic nitrogens is 2. The molecule has 2 heterocycles. The van der Waals surface area contributed by atoms with Gasteiger partial charge >= 0.3 is 0 Å². The van der Waals surface area contributed by atoms with Gasteiger partial charge in [-0.15, -0.1) is 11.3 Å². The van der Waals surface area contributed by atoms with Crippen LogP contribution in [-0.4, -0.2) is 10.1 Å². The number of nitrogens with two attached hydrogens (primary N) is 1. The smallest absolute Gasteiger partial charge is 0.244 e. The summed E-state index contributed by atoms with van der Waals surface area (Å²) < 4.78 is 6.20. The average molecular weight is 302 g/mol. The quantitative estimate of drug-likeness (QED) is 0.945. The molecule has 0 unspecified atom stereocenters. The first kappa shape index (κ1) is 11.8. The molecule has 0 aliphatic rings. The maximum atomic E-state index is 5.93. The lowest BCUT2D eigenvalue weighted by atomic mass is 10.1. The third kappa shape index (κ3) is 2.34. The Hall–Kier alpha value is -0.720. The van der Waals surface area contributed by atoms with E-state index in [1.165, 1.54) is 0 Å². The molecule has 2 aromatic rings. The topological polar surface area (TPSA) is 64.9 Å². The van der Waals surface area contributed by atoms with E-state index in [-0.39, 0.29) is 12.0 Å². The largest absolute Gasteiger partial charge is 0.337 e. The van der Waals surface area contributed by atoms with Gasteiger partial charge in [-0.1, -0.05) is 19.0 Å². The van der Waals surface area contributed by atoms with E-state index in [2.05, 4.69) is 26.1 Å². The van der Waals surface area contributed by atoms with Gasteiger partial charge in [0.05, 0.1) is 14.7 Å². The summed E-state index contributed by atoms with van der Waals surface area (Å²) in [6.45, 7) is 4.05. The van der Waals surface area contributed by atoms with E-state index in [9.17, 15) is 0 Å². The summed E-state index contributed by atoms with van der Waals surface area (Å²) in [4.78, 5) is 5.27. The van der Waals surface area contributed by atoms with Crippen molar-refractivity contribution in [2.24, 2.45) is 11.7 Å². The molecule has 0 amide bonds. The minimum atomic E-state index is -0.204. The van der Waals surface area contributed by atoms with Crippen molar-refractivity contribution in [3.8, 4) is 10.7 Å². The van der Waals surface area contributed by atoms with Crippen LogP contribution in [-0.2, 0) is 0 Å². The molecule has 6 heteroatoms. The molecule has 0 fully saturated rings. The molecule has 0 aliphatic carbocycles. The first-order valence-corrected chi connectivity index (χ1v) is 6.53. The standard InChI is InChI=1S/C10H12BrN3OS/c1-5(2)8(12)10-13-9(14-15-10)6-3-4-7(11)16-6/h3-5,8H,12H2,1-2H3/t8-/m1/s1. The van der Waals surface area contributed by atoms with Gasteiger partial charge in [0.25, 0.3) is 0 Å². The van der Waals surface area contributed by atoms with Gasteiger partial charge in [0.1, 0.15) is 0 Å². The van der Waals surface area contributed by atoms with E-state index in [0.29, 0.717) is 11.7 Å². The minimum absolute atomic E-state index is 0.204. The summed E-state index contributed by atoms with van der Waals surface area (Å²) in [7, 11) is 0. The van der Waals surface area contributed by atoms with Crippen molar-refractivity contribution in [2.45, 2.75) is 19.9 Å². The van der Waals surface area contributed by atoms with E-state index < -0.39 is 0 Å². The Morgan fingerprint density at radius 3 is 2.75 bits per heavy atom.